The Morgan fingerprint density at radius 1 is 1.08 bits per heavy atom. The molecule has 0 aromatic heterocycles. The molecule has 0 amide bonds. The third kappa shape index (κ3) is 3.80. The van der Waals surface area contributed by atoms with Crippen LogP contribution in [0.4, 0.5) is 0 Å². The molecule has 1 saturated heterocycles. The van der Waals surface area contributed by atoms with E-state index in [1.54, 1.807) is 14.0 Å². The first-order valence-corrected chi connectivity index (χ1v) is 14.9. The van der Waals surface area contributed by atoms with Crippen molar-refractivity contribution in [1.29, 1.82) is 0 Å². The number of hydrogen-bond acceptors (Lipinski definition) is 9. The summed E-state index contributed by atoms with van der Waals surface area (Å²) in [4.78, 5) is 11.8. The molecule has 0 radical (unpaired) electrons. The van der Waals surface area contributed by atoms with Gasteiger partial charge in [0.15, 0.2) is 6.29 Å². The van der Waals surface area contributed by atoms with Crippen molar-refractivity contribution in [2.75, 3.05) is 20.3 Å². The van der Waals surface area contributed by atoms with E-state index in [1.165, 1.54) is 6.08 Å². The van der Waals surface area contributed by atoms with Gasteiger partial charge in [0, 0.05) is 42.3 Å². The van der Waals surface area contributed by atoms with Crippen molar-refractivity contribution in [3.05, 3.63) is 12.2 Å². The molecule has 9 nitrogen and oxygen atoms in total. The van der Waals surface area contributed by atoms with Crippen LogP contribution in [-0.4, -0.2) is 88.6 Å². The molecule has 39 heavy (non-hydrogen) atoms. The van der Waals surface area contributed by atoms with Crippen LogP contribution in [0.25, 0.3) is 0 Å². The lowest BCUT2D eigenvalue weighted by molar-refractivity contribution is -0.300. The fourth-order valence-corrected chi connectivity index (χ4v) is 10.2. The van der Waals surface area contributed by atoms with Crippen molar-refractivity contribution in [2.24, 2.45) is 28.1 Å². The van der Waals surface area contributed by atoms with Crippen LogP contribution in [0.3, 0.4) is 0 Å². The zero-order chi connectivity index (χ0) is 27.8. The van der Waals surface area contributed by atoms with E-state index >= 15 is 0 Å². The molecule has 6 rings (SSSR count). The van der Waals surface area contributed by atoms with Gasteiger partial charge in [0.1, 0.15) is 12.7 Å². The molecule has 9 heteroatoms. The highest BCUT2D eigenvalue weighted by Crippen LogP contribution is 2.73. The molecule has 2 heterocycles. The van der Waals surface area contributed by atoms with E-state index in [0.717, 1.165) is 19.3 Å². The minimum Gasteiger partial charge on any atom is -0.462 e. The summed E-state index contributed by atoms with van der Waals surface area (Å²) in [6.45, 7) is 4.14. The van der Waals surface area contributed by atoms with Gasteiger partial charge >= 0.3 is 5.97 Å². The van der Waals surface area contributed by atoms with Gasteiger partial charge in [0.25, 0.3) is 0 Å². The molecule has 2 aliphatic heterocycles. The monoisotopic (exact) mass is 550 g/mol. The number of cyclic esters (lactones) is 1. The highest BCUT2D eigenvalue weighted by Gasteiger charge is 2.74. The lowest BCUT2D eigenvalue weighted by atomic mass is 9.40. The Morgan fingerprint density at radius 3 is 2.54 bits per heavy atom. The van der Waals surface area contributed by atoms with Crippen LogP contribution in [-0.2, 0) is 23.7 Å². The Labute approximate surface area is 230 Å². The maximum atomic E-state index is 12.5. The van der Waals surface area contributed by atoms with Crippen LogP contribution in [0.2, 0.25) is 0 Å². The van der Waals surface area contributed by atoms with Crippen molar-refractivity contribution in [1.82, 2.24) is 0 Å². The van der Waals surface area contributed by atoms with Gasteiger partial charge in [-0.3, -0.25) is 0 Å². The predicted molar refractivity (Wildman–Crippen MR) is 139 cm³/mol. The van der Waals surface area contributed by atoms with E-state index in [0.29, 0.717) is 51.6 Å². The molecule has 4 saturated carbocycles. The van der Waals surface area contributed by atoms with E-state index in [2.05, 4.69) is 6.92 Å². The molecular weight excluding hydrogens is 504 g/mol. The van der Waals surface area contributed by atoms with Gasteiger partial charge in [0.05, 0.1) is 36.1 Å². The lowest BCUT2D eigenvalue weighted by Crippen LogP contribution is -2.70. The van der Waals surface area contributed by atoms with Crippen molar-refractivity contribution < 1.29 is 44.2 Å². The highest BCUT2D eigenvalue weighted by atomic mass is 16.7. The standard InChI is InChI=1S/C30H46O9/c1-18-25(33)22(36-3)14-24(38-18)39-19-4-10-28(16-31)20-5-8-26(2)27(9-7-23(32)37-17-27)12-13-30(26,35)21(20)6-11-29(28,34)15-19/h7,9,18-22,24-25,31,33-35H,4-6,8,10-17H2,1-3H3/t18-,19+,20-,21+,22+,24-,25-,26+,27-,28-,29-,30+/m0/s1. The number of carbonyl (C=O) groups is 1. The summed E-state index contributed by atoms with van der Waals surface area (Å²) in [7, 11) is 1.58. The van der Waals surface area contributed by atoms with E-state index in [9.17, 15) is 25.2 Å². The van der Waals surface area contributed by atoms with Crippen LogP contribution in [0.5, 0.6) is 0 Å². The van der Waals surface area contributed by atoms with Crippen molar-refractivity contribution in [3.63, 3.8) is 0 Å². The second-order valence-corrected chi connectivity index (χ2v) is 13.8. The average molecular weight is 551 g/mol. The molecule has 220 valence electrons. The second-order valence-electron chi connectivity index (χ2n) is 13.8. The molecule has 1 spiro atoms. The first-order valence-electron chi connectivity index (χ1n) is 14.9. The Balaban J connectivity index is 1.22. The molecule has 5 fully saturated rings. The molecule has 4 aliphatic carbocycles. The maximum absolute atomic E-state index is 12.5. The lowest BCUT2D eigenvalue weighted by Gasteiger charge is -2.67. The van der Waals surface area contributed by atoms with Crippen LogP contribution >= 0.6 is 0 Å². The van der Waals surface area contributed by atoms with Crippen molar-refractivity contribution in [3.8, 4) is 0 Å². The molecule has 0 bridgehead atoms. The maximum Gasteiger partial charge on any atom is 0.330 e. The van der Waals surface area contributed by atoms with Gasteiger partial charge < -0.3 is 39.4 Å². The fraction of sp³-hybridized carbons (Fsp3) is 0.900. The van der Waals surface area contributed by atoms with Gasteiger partial charge in [-0.2, -0.15) is 0 Å². The average Bonchev–Trinajstić information content (AvgIpc) is 3.14. The first-order chi connectivity index (χ1) is 18.5. The van der Waals surface area contributed by atoms with E-state index in [1.807, 2.05) is 6.08 Å². The summed E-state index contributed by atoms with van der Waals surface area (Å²) in [6.07, 6.45) is 7.49. The fourth-order valence-electron chi connectivity index (χ4n) is 10.2. The Hall–Kier alpha value is -1.07. The highest BCUT2D eigenvalue weighted by molar-refractivity contribution is 5.83. The number of aliphatic hydroxyl groups excluding tert-OH is 2. The quantitative estimate of drug-likeness (QED) is 0.307. The molecule has 0 aromatic rings. The topological polar surface area (TPSA) is 135 Å². The zero-order valence-corrected chi connectivity index (χ0v) is 23.5. The molecule has 0 unspecified atom stereocenters. The number of esters is 1. The number of fused-ring (bicyclic) bond motifs is 6. The van der Waals surface area contributed by atoms with Crippen molar-refractivity contribution >= 4 is 5.97 Å². The van der Waals surface area contributed by atoms with Gasteiger partial charge in [-0.15, -0.1) is 0 Å². The number of carbonyl (C=O) groups excluding carboxylic acids is 1. The molecule has 4 N–H and O–H groups in total. The third-order valence-corrected chi connectivity index (χ3v) is 12.6. The molecule has 0 aromatic carbocycles. The number of ether oxygens (including phenoxy) is 4. The van der Waals surface area contributed by atoms with Gasteiger partial charge in [-0.05, 0) is 70.1 Å². The SMILES string of the molecule is CO[C@@H]1C[C@H](O[C@@H]2CC[C@]3(CO)[C@H]4CC[C@]5(C)[C@@]6(C=CC(=O)OC6)CC[C@@]5(O)[C@@H]4CC[C@]3(O)C2)O[C@@H](C)[C@@H]1O. The summed E-state index contributed by atoms with van der Waals surface area (Å²) >= 11 is 0. The third-order valence-electron chi connectivity index (χ3n) is 12.6. The number of methoxy groups -OCH3 is 1. The Kier molecular flexibility index (Phi) is 6.82. The van der Waals surface area contributed by atoms with E-state index in [-0.39, 0.29) is 42.0 Å². The van der Waals surface area contributed by atoms with Crippen LogP contribution < -0.4 is 0 Å². The smallest absolute Gasteiger partial charge is 0.330 e. The molecule has 6 aliphatic rings. The van der Waals surface area contributed by atoms with Gasteiger partial charge in [0.2, 0.25) is 0 Å². The Bertz CT molecular complexity index is 1000. The largest absolute Gasteiger partial charge is 0.462 e. The zero-order valence-electron chi connectivity index (χ0n) is 23.5. The number of aliphatic hydroxyl groups is 4. The summed E-state index contributed by atoms with van der Waals surface area (Å²) in [6, 6.07) is 0. The first kappa shape index (κ1) is 28.1. The molecular formula is C30H46O9. The minimum atomic E-state index is -1.10. The van der Waals surface area contributed by atoms with Crippen molar-refractivity contribution in [2.45, 2.75) is 120 Å². The molecule has 12 atom stereocenters. The summed E-state index contributed by atoms with van der Waals surface area (Å²) in [5.74, 6) is -0.376. The van der Waals surface area contributed by atoms with Gasteiger partial charge in [-0.25, -0.2) is 4.79 Å². The van der Waals surface area contributed by atoms with E-state index in [4.69, 9.17) is 18.9 Å². The Morgan fingerprint density at radius 2 is 1.85 bits per heavy atom. The van der Waals surface area contributed by atoms with Crippen LogP contribution in [0, 0.1) is 28.1 Å². The minimum absolute atomic E-state index is 0.00971. The summed E-state index contributed by atoms with van der Waals surface area (Å²) in [5, 5.41) is 46.0. The van der Waals surface area contributed by atoms with Crippen LogP contribution in [0.15, 0.2) is 12.2 Å². The predicted octanol–water partition coefficient (Wildman–Crippen LogP) is 2.23. The van der Waals surface area contributed by atoms with E-state index < -0.39 is 40.5 Å². The van der Waals surface area contributed by atoms with Crippen LogP contribution in [0.1, 0.15) is 78.1 Å². The number of hydrogen-bond donors (Lipinski definition) is 4. The normalized spacial score (nSPS) is 55.1. The number of rotatable bonds is 4. The summed E-state index contributed by atoms with van der Waals surface area (Å²) < 4.78 is 23.2. The second kappa shape index (κ2) is 9.48. The van der Waals surface area contributed by atoms with Gasteiger partial charge in [-0.1, -0.05) is 13.0 Å². The summed E-state index contributed by atoms with van der Waals surface area (Å²) in [5.41, 5.74) is -3.58.